The summed E-state index contributed by atoms with van der Waals surface area (Å²) in [7, 11) is 0. The Bertz CT molecular complexity index is 1430. The van der Waals surface area contributed by atoms with Gasteiger partial charge in [0.15, 0.2) is 17.0 Å². The summed E-state index contributed by atoms with van der Waals surface area (Å²) in [5.41, 5.74) is 0.752. The maximum absolute atomic E-state index is 12.7. The monoisotopic (exact) mass is 477 g/mol. The number of unbranched alkanes of at least 4 members (excludes halogenated alkanes) is 1. The summed E-state index contributed by atoms with van der Waals surface area (Å²) in [6.45, 7) is 7.17. The Hall–Kier alpha value is -3.95. The van der Waals surface area contributed by atoms with Crippen LogP contribution in [0.3, 0.4) is 0 Å². The van der Waals surface area contributed by atoms with Crippen molar-refractivity contribution in [2.24, 2.45) is 5.92 Å². The highest BCUT2D eigenvalue weighted by molar-refractivity contribution is 5.89. The van der Waals surface area contributed by atoms with Crippen molar-refractivity contribution in [1.29, 1.82) is 0 Å². The summed E-state index contributed by atoms with van der Waals surface area (Å²) in [6.07, 6.45) is 3.98. The third-order valence-electron chi connectivity index (χ3n) is 5.70. The van der Waals surface area contributed by atoms with Crippen molar-refractivity contribution >= 4 is 22.9 Å². The van der Waals surface area contributed by atoms with Gasteiger partial charge in [0.2, 0.25) is 5.91 Å². The summed E-state index contributed by atoms with van der Waals surface area (Å²) in [4.78, 5) is 45.0. The lowest BCUT2D eigenvalue weighted by molar-refractivity contribution is -0.116. The SMILES string of the molecule is CCCCn1c(=O)[nH]c(=O)c2c1nc(CCC(=O)Nc1ccn(-c3ccccc3)n1)n2CC(C)C. The van der Waals surface area contributed by atoms with Crippen molar-refractivity contribution in [2.75, 3.05) is 5.32 Å². The quantitative estimate of drug-likeness (QED) is 0.364. The van der Waals surface area contributed by atoms with E-state index in [1.165, 1.54) is 4.57 Å². The number of H-pyrrole nitrogens is 1. The van der Waals surface area contributed by atoms with E-state index in [2.05, 4.69) is 20.4 Å². The number of aromatic nitrogens is 6. The van der Waals surface area contributed by atoms with E-state index in [9.17, 15) is 14.4 Å². The number of hydrogen-bond acceptors (Lipinski definition) is 5. The number of carbonyl (C=O) groups is 1. The smallest absolute Gasteiger partial charge is 0.322 e. The first-order chi connectivity index (χ1) is 16.9. The predicted octanol–water partition coefficient (Wildman–Crippen LogP) is 3.10. The first kappa shape index (κ1) is 24.2. The van der Waals surface area contributed by atoms with E-state index in [4.69, 9.17) is 0 Å². The molecule has 0 atom stereocenters. The zero-order chi connectivity index (χ0) is 24.9. The van der Waals surface area contributed by atoms with Gasteiger partial charge >= 0.3 is 5.69 Å². The van der Waals surface area contributed by atoms with E-state index >= 15 is 0 Å². The van der Waals surface area contributed by atoms with Gasteiger partial charge < -0.3 is 9.88 Å². The first-order valence-electron chi connectivity index (χ1n) is 12.0. The highest BCUT2D eigenvalue weighted by Crippen LogP contribution is 2.17. The summed E-state index contributed by atoms with van der Waals surface area (Å²) >= 11 is 0. The summed E-state index contributed by atoms with van der Waals surface area (Å²) in [6, 6.07) is 11.4. The van der Waals surface area contributed by atoms with Crippen LogP contribution in [-0.2, 0) is 24.3 Å². The molecule has 0 unspecified atom stereocenters. The molecule has 10 heteroatoms. The van der Waals surface area contributed by atoms with Crippen molar-refractivity contribution in [3.63, 3.8) is 0 Å². The van der Waals surface area contributed by atoms with Gasteiger partial charge in [0.05, 0.1) is 5.69 Å². The Kier molecular flexibility index (Phi) is 7.28. The maximum Gasteiger partial charge on any atom is 0.330 e. The topological polar surface area (TPSA) is 120 Å². The molecule has 3 aromatic heterocycles. The molecule has 0 aliphatic carbocycles. The molecule has 10 nitrogen and oxygen atoms in total. The molecule has 0 fully saturated rings. The van der Waals surface area contributed by atoms with Gasteiger partial charge in [-0.25, -0.2) is 14.5 Å². The normalized spacial score (nSPS) is 11.4. The van der Waals surface area contributed by atoms with Crippen LogP contribution in [0.4, 0.5) is 5.82 Å². The first-order valence-corrected chi connectivity index (χ1v) is 12.0. The van der Waals surface area contributed by atoms with E-state index in [0.717, 1.165) is 18.5 Å². The number of amides is 1. The van der Waals surface area contributed by atoms with Crippen molar-refractivity contribution < 1.29 is 4.79 Å². The van der Waals surface area contributed by atoms with Crippen LogP contribution in [0.2, 0.25) is 0 Å². The maximum atomic E-state index is 12.7. The van der Waals surface area contributed by atoms with Gasteiger partial charge in [-0.1, -0.05) is 45.4 Å². The number of hydrogen-bond donors (Lipinski definition) is 2. The molecule has 1 aromatic carbocycles. The second-order valence-electron chi connectivity index (χ2n) is 9.00. The lowest BCUT2D eigenvalue weighted by Gasteiger charge is -2.11. The molecular formula is C25H31N7O3. The average Bonchev–Trinajstić information content (AvgIpc) is 3.43. The Balaban J connectivity index is 1.56. The van der Waals surface area contributed by atoms with Crippen LogP contribution in [0.25, 0.3) is 16.9 Å². The molecule has 0 saturated heterocycles. The molecular weight excluding hydrogens is 446 g/mol. The van der Waals surface area contributed by atoms with Crippen molar-refractivity contribution in [3.8, 4) is 5.69 Å². The molecule has 0 radical (unpaired) electrons. The average molecular weight is 478 g/mol. The number of imidazole rings is 1. The van der Waals surface area contributed by atoms with E-state index in [0.29, 0.717) is 42.3 Å². The van der Waals surface area contributed by atoms with Gasteiger partial charge in [-0.15, -0.1) is 0 Å². The molecule has 4 rings (SSSR count). The molecule has 3 heterocycles. The molecule has 0 aliphatic rings. The van der Waals surface area contributed by atoms with Crippen LogP contribution >= 0.6 is 0 Å². The van der Waals surface area contributed by atoms with E-state index in [1.807, 2.05) is 55.7 Å². The zero-order valence-electron chi connectivity index (χ0n) is 20.3. The molecule has 35 heavy (non-hydrogen) atoms. The number of nitrogens with zero attached hydrogens (tertiary/aromatic N) is 5. The van der Waals surface area contributed by atoms with Crippen LogP contribution in [0, 0.1) is 5.92 Å². The second-order valence-corrected chi connectivity index (χ2v) is 9.00. The van der Waals surface area contributed by atoms with Crippen LogP contribution in [-0.4, -0.2) is 34.8 Å². The number of nitrogens with one attached hydrogen (secondary N) is 2. The van der Waals surface area contributed by atoms with Crippen molar-refractivity contribution in [3.05, 3.63) is 69.3 Å². The number of fused-ring (bicyclic) bond motifs is 1. The highest BCUT2D eigenvalue weighted by Gasteiger charge is 2.20. The number of aryl methyl sites for hydroxylation is 2. The molecule has 0 bridgehead atoms. The number of aromatic amines is 1. The number of para-hydroxylation sites is 1. The highest BCUT2D eigenvalue weighted by atomic mass is 16.2. The van der Waals surface area contributed by atoms with E-state index < -0.39 is 11.2 Å². The van der Waals surface area contributed by atoms with Gasteiger partial charge in [-0.2, -0.15) is 5.10 Å². The largest absolute Gasteiger partial charge is 0.330 e. The minimum Gasteiger partial charge on any atom is -0.322 e. The van der Waals surface area contributed by atoms with Crippen molar-refractivity contribution in [2.45, 2.75) is 59.5 Å². The van der Waals surface area contributed by atoms with E-state index in [-0.39, 0.29) is 18.2 Å². The van der Waals surface area contributed by atoms with E-state index in [1.54, 1.807) is 16.9 Å². The number of anilines is 1. The fourth-order valence-electron chi connectivity index (χ4n) is 4.04. The van der Waals surface area contributed by atoms with Crippen LogP contribution in [0.5, 0.6) is 0 Å². The van der Waals surface area contributed by atoms with Gasteiger partial charge in [0, 0.05) is 38.2 Å². The van der Waals surface area contributed by atoms with Gasteiger partial charge in [0.25, 0.3) is 5.56 Å². The van der Waals surface area contributed by atoms with Crippen LogP contribution in [0.1, 0.15) is 45.9 Å². The molecule has 0 saturated carbocycles. The lowest BCUT2D eigenvalue weighted by Crippen LogP contribution is -2.31. The number of carbonyl (C=O) groups excluding carboxylic acids is 1. The Morgan fingerprint density at radius 2 is 1.89 bits per heavy atom. The third kappa shape index (κ3) is 5.42. The summed E-state index contributed by atoms with van der Waals surface area (Å²) < 4.78 is 5.06. The zero-order valence-corrected chi connectivity index (χ0v) is 20.3. The number of rotatable bonds is 10. The Morgan fingerprint density at radius 3 is 2.60 bits per heavy atom. The fourth-order valence-corrected chi connectivity index (χ4v) is 4.04. The standard InChI is InChI=1S/C25H31N7O3/c1-4-5-14-30-23-22(24(34)28-25(30)35)31(16-17(2)3)20(27-23)11-12-21(33)26-19-13-15-32(29-19)18-9-7-6-8-10-18/h6-10,13,15,17H,4-5,11-12,14,16H2,1-3H3,(H,26,29,33)(H,28,34,35). The minimum atomic E-state index is -0.455. The minimum absolute atomic E-state index is 0.163. The molecule has 184 valence electrons. The van der Waals surface area contributed by atoms with Crippen molar-refractivity contribution in [1.82, 2.24) is 28.9 Å². The van der Waals surface area contributed by atoms with Crippen LogP contribution < -0.4 is 16.6 Å². The third-order valence-corrected chi connectivity index (χ3v) is 5.70. The lowest BCUT2D eigenvalue weighted by atomic mass is 10.2. The van der Waals surface area contributed by atoms with Gasteiger partial charge in [-0.3, -0.25) is 19.1 Å². The molecule has 4 aromatic rings. The second kappa shape index (κ2) is 10.5. The Morgan fingerprint density at radius 1 is 1.11 bits per heavy atom. The molecule has 0 spiro atoms. The number of benzene rings is 1. The summed E-state index contributed by atoms with van der Waals surface area (Å²) in [5, 5.41) is 7.23. The predicted molar refractivity (Wildman–Crippen MR) is 135 cm³/mol. The molecule has 2 N–H and O–H groups in total. The van der Waals surface area contributed by atoms with Gasteiger partial charge in [0.1, 0.15) is 5.82 Å². The fraction of sp³-hybridized carbons (Fsp3) is 0.400. The van der Waals surface area contributed by atoms with Crippen LogP contribution in [0.15, 0.2) is 52.2 Å². The summed E-state index contributed by atoms with van der Waals surface area (Å²) in [5.74, 6) is 1.11. The Labute approximate surface area is 202 Å². The molecule has 1 amide bonds. The molecule has 0 aliphatic heterocycles. The van der Waals surface area contributed by atoms with Gasteiger partial charge in [-0.05, 0) is 24.5 Å².